The Kier molecular flexibility index (Phi) is 4.70. The van der Waals surface area contributed by atoms with E-state index in [0.29, 0.717) is 6.04 Å². The highest BCUT2D eigenvalue weighted by molar-refractivity contribution is 5.94. The highest BCUT2D eigenvalue weighted by Gasteiger charge is 2.29. The monoisotopic (exact) mass is 301 g/mol. The molecular formula is C19H27NO2. The molecule has 0 heterocycles. The standard InChI is InChI=1S/C19H27NO2/c1-14(2)20(17-5-3-4-6-17)19(21)16-9-11-18(12-10-16)22-13-15-7-8-15/h9-12,14-15,17H,3-8,13H2,1-2H3. The molecule has 3 heteroatoms. The van der Waals surface area contributed by atoms with E-state index in [4.69, 9.17) is 4.74 Å². The van der Waals surface area contributed by atoms with Crippen molar-refractivity contribution in [3.8, 4) is 5.75 Å². The number of hydrogen-bond donors (Lipinski definition) is 0. The number of nitrogens with zero attached hydrogens (tertiary/aromatic N) is 1. The van der Waals surface area contributed by atoms with E-state index in [1.807, 2.05) is 24.3 Å². The molecule has 0 saturated heterocycles. The smallest absolute Gasteiger partial charge is 0.254 e. The van der Waals surface area contributed by atoms with Crippen molar-refractivity contribution >= 4 is 5.91 Å². The van der Waals surface area contributed by atoms with Gasteiger partial charge in [0.15, 0.2) is 0 Å². The second-order valence-corrected chi connectivity index (χ2v) is 7.02. The van der Waals surface area contributed by atoms with Crippen LogP contribution in [-0.4, -0.2) is 29.5 Å². The second kappa shape index (κ2) is 6.72. The zero-order valence-electron chi connectivity index (χ0n) is 13.8. The molecule has 2 saturated carbocycles. The van der Waals surface area contributed by atoms with E-state index in [1.165, 1.54) is 25.7 Å². The van der Waals surface area contributed by atoms with Gasteiger partial charge in [0.2, 0.25) is 0 Å². The summed E-state index contributed by atoms with van der Waals surface area (Å²) in [7, 11) is 0. The summed E-state index contributed by atoms with van der Waals surface area (Å²) in [6.45, 7) is 5.04. The Morgan fingerprint density at radius 1 is 1.14 bits per heavy atom. The lowest BCUT2D eigenvalue weighted by atomic mass is 10.1. The number of hydrogen-bond acceptors (Lipinski definition) is 2. The molecule has 0 bridgehead atoms. The van der Waals surface area contributed by atoms with Crippen LogP contribution in [0, 0.1) is 5.92 Å². The molecule has 0 atom stereocenters. The molecular weight excluding hydrogens is 274 g/mol. The zero-order valence-corrected chi connectivity index (χ0v) is 13.8. The number of amides is 1. The van der Waals surface area contributed by atoms with Crippen LogP contribution in [0.15, 0.2) is 24.3 Å². The van der Waals surface area contributed by atoms with Gasteiger partial charge < -0.3 is 9.64 Å². The molecule has 2 aliphatic rings. The Morgan fingerprint density at radius 2 is 1.77 bits per heavy atom. The van der Waals surface area contributed by atoms with E-state index >= 15 is 0 Å². The van der Waals surface area contributed by atoms with Crippen LogP contribution in [0.5, 0.6) is 5.75 Å². The molecule has 22 heavy (non-hydrogen) atoms. The molecule has 3 nitrogen and oxygen atoms in total. The van der Waals surface area contributed by atoms with Crippen LogP contribution in [0.2, 0.25) is 0 Å². The predicted octanol–water partition coefficient (Wildman–Crippen LogP) is 4.27. The lowest BCUT2D eigenvalue weighted by molar-refractivity contribution is 0.0613. The highest BCUT2D eigenvalue weighted by Crippen LogP contribution is 2.30. The second-order valence-electron chi connectivity index (χ2n) is 7.02. The summed E-state index contributed by atoms with van der Waals surface area (Å²) < 4.78 is 5.75. The average Bonchev–Trinajstić information content (AvgIpc) is 3.20. The van der Waals surface area contributed by atoms with E-state index in [9.17, 15) is 4.79 Å². The van der Waals surface area contributed by atoms with Crippen molar-refractivity contribution in [2.45, 2.75) is 64.5 Å². The fourth-order valence-corrected chi connectivity index (χ4v) is 3.35. The van der Waals surface area contributed by atoms with E-state index in [2.05, 4.69) is 18.7 Å². The molecule has 0 aromatic heterocycles. The Morgan fingerprint density at radius 3 is 2.32 bits per heavy atom. The van der Waals surface area contributed by atoms with Crippen molar-refractivity contribution in [1.29, 1.82) is 0 Å². The summed E-state index contributed by atoms with van der Waals surface area (Å²) in [5.74, 6) is 1.79. The first kappa shape index (κ1) is 15.4. The third kappa shape index (κ3) is 3.63. The van der Waals surface area contributed by atoms with Crippen molar-refractivity contribution in [1.82, 2.24) is 4.90 Å². The van der Waals surface area contributed by atoms with Crippen LogP contribution in [0.25, 0.3) is 0 Å². The topological polar surface area (TPSA) is 29.5 Å². The maximum atomic E-state index is 12.8. The van der Waals surface area contributed by atoms with Crippen LogP contribution >= 0.6 is 0 Å². The van der Waals surface area contributed by atoms with Gasteiger partial charge in [-0.1, -0.05) is 12.8 Å². The SMILES string of the molecule is CC(C)N(C(=O)c1ccc(OCC2CC2)cc1)C1CCCC1. The van der Waals surface area contributed by atoms with E-state index in [0.717, 1.165) is 36.7 Å². The summed E-state index contributed by atoms with van der Waals surface area (Å²) in [5, 5.41) is 0. The molecule has 0 unspecified atom stereocenters. The summed E-state index contributed by atoms with van der Waals surface area (Å²) in [6, 6.07) is 8.36. The number of ether oxygens (including phenoxy) is 1. The average molecular weight is 301 g/mol. The lowest BCUT2D eigenvalue weighted by Gasteiger charge is -2.33. The molecule has 0 N–H and O–H groups in total. The first-order valence-corrected chi connectivity index (χ1v) is 8.70. The van der Waals surface area contributed by atoms with Gasteiger partial charge in [0, 0.05) is 17.6 Å². The summed E-state index contributed by atoms with van der Waals surface area (Å²) >= 11 is 0. The molecule has 1 aromatic rings. The van der Waals surface area contributed by atoms with Crippen LogP contribution in [0.3, 0.4) is 0 Å². The minimum absolute atomic E-state index is 0.163. The molecule has 0 radical (unpaired) electrons. The van der Waals surface area contributed by atoms with Gasteiger partial charge in [-0.3, -0.25) is 4.79 Å². The third-order valence-corrected chi connectivity index (χ3v) is 4.79. The van der Waals surface area contributed by atoms with Crippen LogP contribution < -0.4 is 4.74 Å². The first-order chi connectivity index (χ1) is 10.6. The Balaban J connectivity index is 1.66. The minimum Gasteiger partial charge on any atom is -0.493 e. The summed E-state index contributed by atoms with van der Waals surface area (Å²) in [4.78, 5) is 14.9. The lowest BCUT2D eigenvalue weighted by Crippen LogP contribution is -2.43. The van der Waals surface area contributed by atoms with Gasteiger partial charge >= 0.3 is 0 Å². The Hall–Kier alpha value is -1.51. The van der Waals surface area contributed by atoms with Crippen molar-refractivity contribution < 1.29 is 9.53 Å². The van der Waals surface area contributed by atoms with Crippen molar-refractivity contribution in [2.24, 2.45) is 5.92 Å². The fraction of sp³-hybridized carbons (Fsp3) is 0.632. The van der Waals surface area contributed by atoms with Gasteiger partial charge in [0.25, 0.3) is 5.91 Å². The van der Waals surface area contributed by atoms with E-state index in [-0.39, 0.29) is 11.9 Å². The molecule has 1 amide bonds. The molecule has 0 spiro atoms. The molecule has 3 rings (SSSR count). The van der Waals surface area contributed by atoms with Crippen molar-refractivity contribution in [2.75, 3.05) is 6.61 Å². The van der Waals surface area contributed by atoms with Gasteiger partial charge in [0.1, 0.15) is 5.75 Å². The molecule has 2 aliphatic carbocycles. The van der Waals surface area contributed by atoms with Crippen molar-refractivity contribution in [3.63, 3.8) is 0 Å². The maximum Gasteiger partial charge on any atom is 0.254 e. The quantitative estimate of drug-likeness (QED) is 0.785. The zero-order chi connectivity index (χ0) is 15.5. The van der Waals surface area contributed by atoms with E-state index in [1.54, 1.807) is 0 Å². The van der Waals surface area contributed by atoms with Gasteiger partial charge in [-0.15, -0.1) is 0 Å². The number of carbonyl (C=O) groups excluding carboxylic acids is 1. The maximum absolute atomic E-state index is 12.8. The number of rotatable bonds is 6. The summed E-state index contributed by atoms with van der Waals surface area (Å²) in [6.07, 6.45) is 7.37. The van der Waals surface area contributed by atoms with Crippen LogP contribution in [-0.2, 0) is 0 Å². The summed E-state index contributed by atoms with van der Waals surface area (Å²) in [5.41, 5.74) is 0.777. The molecule has 1 aromatic carbocycles. The first-order valence-electron chi connectivity index (χ1n) is 8.70. The van der Waals surface area contributed by atoms with Gasteiger partial charge in [-0.25, -0.2) is 0 Å². The predicted molar refractivity (Wildman–Crippen MR) is 88.2 cm³/mol. The molecule has 2 fully saturated rings. The molecule has 0 aliphatic heterocycles. The third-order valence-electron chi connectivity index (χ3n) is 4.79. The highest BCUT2D eigenvalue weighted by atomic mass is 16.5. The van der Waals surface area contributed by atoms with Gasteiger partial charge in [0.05, 0.1) is 6.61 Å². The molecule has 120 valence electrons. The van der Waals surface area contributed by atoms with Gasteiger partial charge in [-0.2, -0.15) is 0 Å². The normalized spacial score (nSPS) is 18.7. The largest absolute Gasteiger partial charge is 0.493 e. The Labute approximate surface area is 133 Å². The Bertz CT molecular complexity index is 499. The van der Waals surface area contributed by atoms with Crippen molar-refractivity contribution in [3.05, 3.63) is 29.8 Å². The van der Waals surface area contributed by atoms with Crippen LogP contribution in [0.1, 0.15) is 62.7 Å². The van der Waals surface area contributed by atoms with Crippen LogP contribution in [0.4, 0.5) is 0 Å². The minimum atomic E-state index is 0.163. The van der Waals surface area contributed by atoms with E-state index < -0.39 is 0 Å². The number of benzene rings is 1. The fourth-order valence-electron chi connectivity index (χ4n) is 3.35. The van der Waals surface area contributed by atoms with Gasteiger partial charge in [-0.05, 0) is 69.7 Å². The number of carbonyl (C=O) groups is 1.